The van der Waals surface area contributed by atoms with Gasteiger partial charge in [-0.25, -0.2) is 8.42 Å². The number of hydrogen-bond donors (Lipinski definition) is 0. The highest BCUT2D eigenvalue weighted by atomic mass is 32.2. The van der Waals surface area contributed by atoms with E-state index in [0.717, 1.165) is 22.3 Å². The lowest BCUT2D eigenvalue weighted by atomic mass is 10.0. The predicted octanol–water partition coefficient (Wildman–Crippen LogP) is 4.80. The first kappa shape index (κ1) is 19.6. The highest BCUT2D eigenvalue weighted by Crippen LogP contribution is 2.40. The molecule has 0 saturated carbocycles. The maximum Gasteiger partial charge on any atom is 0.246 e. The summed E-state index contributed by atoms with van der Waals surface area (Å²) >= 11 is 0. The Morgan fingerprint density at radius 3 is 2.14 bits per heavy atom. The minimum Gasteiger partial charge on any atom is -0.356 e. The van der Waals surface area contributed by atoms with Crippen LogP contribution in [0.3, 0.4) is 0 Å². The molecule has 0 aromatic heterocycles. The van der Waals surface area contributed by atoms with Crippen LogP contribution in [0.1, 0.15) is 22.9 Å². The van der Waals surface area contributed by atoms with Gasteiger partial charge in [-0.2, -0.15) is 4.31 Å². The van der Waals surface area contributed by atoms with E-state index in [-0.39, 0.29) is 11.5 Å². The minimum atomic E-state index is -3.81. The molecule has 2 atom stereocenters. The normalized spacial score (nSPS) is 19.9. The number of sulfonamides is 1. The number of nitrogens with zero attached hydrogens (tertiary/aromatic N) is 1. The lowest BCUT2D eigenvalue weighted by Crippen LogP contribution is -2.38. The average molecular weight is 406 g/mol. The Labute approximate surface area is 172 Å². The van der Waals surface area contributed by atoms with Crippen molar-refractivity contribution in [3.05, 3.63) is 108 Å². The molecule has 0 spiro atoms. The number of benzene rings is 3. The second kappa shape index (κ2) is 7.95. The molecule has 3 aromatic carbocycles. The molecule has 1 saturated heterocycles. The van der Waals surface area contributed by atoms with Crippen molar-refractivity contribution in [3.8, 4) is 0 Å². The highest BCUT2D eigenvalue weighted by molar-refractivity contribution is 7.89. The van der Waals surface area contributed by atoms with Crippen LogP contribution in [0.2, 0.25) is 0 Å². The van der Waals surface area contributed by atoms with Crippen LogP contribution in [0.25, 0.3) is 5.57 Å². The molecular weight excluding hydrogens is 382 g/mol. The van der Waals surface area contributed by atoms with Gasteiger partial charge in [0.15, 0.2) is 6.23 Å². The molecular formula is C24H23NO3S. The molecule has 1 aliphatic rings. The van der Waals surface area contributed by atoms with Gasteiger partial charge in [-0.05, 0) is 35.8 Å². The third-order valence-electron chi connectivity index (χ3n) is 5.18. The summed E-state index contributed by atoms with van der Waals surface area (Å²) in [7, 11) is -3.81. The van der Waals surface area contributed by atoms with Crippen LogP contribution in [-0.4, -0.2) is 25.4 Å². The van der Waals surface area contributed by atoms with Gasteiger partial charge in [-0.3, -0.25) is 0 Å². The van der Waals surface area contributed by atoms with Crippen molar-refractivity contribution in [2.75, 3.05) is 6.61 Å². The van der Waals surface area contributed by atoms with E-state index in [1.165, 1.54) is 4.31 Å². The summed E-state index contributed by atoms with van der Waals surface area (Å²) in [5.41, 5.74) is 3.43. The van der Waals surface area contributed by atoms with E-state index in [1.807, 2.05) is 79.7 Å². The van der Waals surface area contributed by atoms with Crippen molar-refractivity contribution in [1.29, 1.82) is 0 Å². The molecule has 0 bridgehead atoms. The van der Waals surface area contributed by atoms with Crippen LogP contribution in [0.5, 0.6) is 0 Å². The first-order chi connectivity index (χ1) is 14.0. The number of aryl methyl sites for hydroxylation is 1. The van der Waals surface area contributed by atoms with Crippen molar-refractivity contribution in [2.45, 2.75) is 24.1 Å². The van der Waals surface area contributed by atoms with E-state index < -0.39 is 22.3 Å². The monoisotopic (exact) mass is 405 g/mol. The maximum atomic E-state index is 13.7. The van der Waals surface area contributed by atoms with Crippen LogP contribution < -0.4 is 0 Å². The lowest BCUT2D eigenvalue weighted by Gasteiger charge is -2.29. The Balaban J connectivity index is 1.80. The second-order valence-electron chi connectivity index (χ2n) is 7.15. The smallest absolute Gasteiger partial charge is 0.246 e. The fourth-order valence-electron chi connectivity index (χ4n) is 3.58. The summed E-state index contributed by atoms with van der Waals surface area (Å²) in [6.07, 6.45) is -0.701. The Hall–Kier alpha value is -2.73. The third-order valence-corrected chi connectivity index (χ3v) is 7.05. The Morgan fingerprint density at radius 1 is 0.931 bits per heavy atom. The molecule has 1 heterocycles. The van der Waals surface area contributed by atoms with Crippen LogP contribution in [0.4, 0.5) is 0 Å². The first-order valence-corrected chi connectivity index (χ1v) is 10.9. The summed E-state index contributed by atoms with van der Waals surface area (Å²) in [5, 5.41) is 0. The van der Waals surface area contributed by atoms with E-state index in [2.05, 4.69) is 6.58 Å². The number of hydrogen-bond acceptors (Lipinski definition) is 3. The Morgan fingerprint density at radius 2 is 1.52 bits per heavy atom. The maximum absolute atomic E-state index is 13.7. The molecule has 0 radical (unpaired) electrons. The Kier molecular flexibility index (Phi) is 5.37. The summed E-state index contributed by atoms with van der Waals surface area (Å²) in [4.78, 5) is 0.250. The van der Waals surface area contributed by atoms with E-state index in [4.69, 9.17) is 4.74 Å². The fraction of sp³-hybridized carbons (Fsp3) is 0.167. The minimum absolute atomic E-state index is 0.248. The second-order valence-corrected chi connectivity index (χ2v) is 8.99. The number of rotatable bonds is 5. The van der Waals surface area contributed by atoms with E-state index in [0.29, 0.717) is 0 Å². The first-order valence-electron chi connectivity index (χ1n) is 9.49. The van der Waals surface area contributed by atoms with E-state index in [9.17, 15) is 8.42 Å². The van der Waals surface area contributed by atoms with Crippen molar-refractivity contribution < 1.29 is 13.2 Å². The predicted molar refractivity (Wildman–Crippen MR) is 115 cm³/mol. The van der Waals surface area contributed by atoms with E-state index >= 15 is 0 Å². The molecule has 0 amide bonds. The lowest BCUT2D eigenvalue weighted by molar-refractivity contribution is 0.0682. The van der Waals surface area contributed by atoms with Gasteiger partial charge in [0, 0.05) is 0 Å². The largest absolute Gasteiger partial charge is 0.356 e. The van der Waals surface area contributed by atoms with Crippen molar-refractivity contribution in [3.63, 3.8) is 0 Å². The van der Waals surface area contributed by atoms with Crippen LogP contribution in [0, 0.1) is 6.92 Å². The quantitative estimate of drug-likeness (QED) is 0.613. The molecule has 0 N–H and O–H groups in total. The zero-order valence-corrected chi connectivity index (χ0v) is 17.0. The molecule has 1 aliphatic heterocycles. The van der Waals surface area contributed by atoms with Gasteiger partial charge in [0.25, 0.3) is 0 Å². The van der Waals surface area contributed by atoms with Gasteiger partial charge < -0.3 is 4.74 Å². The summed E-state index contributed by atoms with van der Waals surface area (Å²) in [5.74, 6) is 0. The topological polar surface area (TPSA) is 46.6 Å². The highest BCUT2D eigenvalue weighted by Gasteiger charge is 2.45. The summed E-state index contributed by atoms with van der Waals surface area (Å²) < 4.78 is 34.8. The summed E-state index contributed by atoms with van der Waals surface area (Å²) in [6, 6.07) is 25.5. The molecule has 3 aromatic rings. The van der Waals surface area contributed by atoms with Gasteiger partial charge in [-0.15, -0.1) is 0 Å². The zero-order valence-electron chi connectivity index (χ0n) is 16.2. The zero-order chi connectivity index (χ0) is 20.4. The standard InChI is InChI=1S/C24H23NO3S/c1-18-13-15-22(16-14-18)29(26,27)25-23(19(2)20-9-5-3-6-10-20)17-28-24(25)21-11-7-4-8-12-21/h3-16,23-24H,2,17H2,1H3/t23-,24+/m0/s1. The van der Waals surface area contributed by atoms with E-state index in [1.54, 1.807) is 12.1 Å². The number of ether oxygens (including phenoxy) is 1. The van der Waals surface area contributed by atoms with Crippen molar-refractivity contribution >= 4 is 15.6 Å². The molecule has 29 heavy (non-hydrogen) atoms. The molecule has 148 valence electrons. The van der Waals surface area contributed by atoms with Crippen LogP contribution in [-0.2, 0) is 14.8 Å². The fourth-order valence-corrected chi connectivity index (χ4v) is 5.26. The van der Waals surface area contributed by atoms with Crippen LogP contribution >= 0.6 is 0 Å². The van der Waals surface area contributed by atoms with Crippen molar-refractivity contribution in [1.82, 2.24) is 4.31 Å². The molecule has 0 aliphatic carbocycles. The molecule has 4 rings (SSSR count). The third kappa shape index (κ3) is 3.77. The molecule has 1 fully saturated rings. The molecule has 4 nitrogen and oxygen atoms in total. The molecule has 5 heteroatoms. The Bertz CT molecular complexity index is 1090. The average Bonchev–Trinajstić information content (AvgIpc) is 3.21. The van der Waals surface area contributed by atoms with Crippen LogP contribution in [0.15, 0.2) is 96.4 Å². The SMILES string of the molecule is C=C(c1ccccc1)[C@@H]1CO[C@H](c2ccccc2)N1S(=O)(=O)c1ccc(C)cc1. The van der Waals surface area contributed by atoms with Gasteiger partial charge in [0.1, 0.15) is 0 Å². The van der Waals surface area contributed by atoms with Gasteiger partial charge in [0.05, 0.1) is 17.5 Å². The van der Waals surface area contributed by atoms with Gasteiger partial charge in [-0.1, -0.05) is 84.9 Å². The summed E-state index contributed by atoms with van der Waals surface area (Å²) in [6.45, 7) is 6.40. The van der Waals surface area contributed by atoms with Gasteiger partial charge >= 0.3 is 0 Å². The molecule has 0 unspecified atom stereocenters. The van der Waals surface area contributed by atoms with Gasteiger partial charge in [0.2, 0.25) is 10.0 Å². The van der Waals surface area contributed by atoms with Crippen molar-refractivity contribution in [2.24, 2.45) is 0 Å².